The second-order valence-electron chi connectivity index (χ2n) is 7.71. The van der Waals surface area contributed by atoms with Gasteiger partial charge in [0.1, 0.15) is 5.82 Å². The molecule has 4 rings (SSSR count). The lowest BCUT2D eigenvalue weighted by atomic mass is 10.2. The Labute approximate surface area is 179 Å². The Balaban J connectivity index is 1.50. The minimum atomic E-state index is -0.802. The van der Waals surface area contributed by atoms with Crippen LogP contribution in [0.25, 0.3) is 11.0 Å². The zero-order valence-electron chi connectivity index (χ0n) is 17.5. The third-order valence-electron chi connectivity index (χ3n) is 5.19. The van der Waals surface area contributed by atoms with E-state index >= 15 is 0 Å². The molecule has 0 aliphatic carbocycles. The topological polar surface area (TPSA) is 107 Å². The van der Waals surface area contributed by atoms with Crippen LogP contribution < -0.4 is 15.9 Å². The van der Waals surface area contributed by atoms with E-state index in [0.717, 1.165) is 24.5 Å². The lowest BCUT2D eigenvalue weighted by Gasteiger charge is -2.36. The quantitative estimate of drug-likeness (QED) is 0.585. The molecule has 3 heterocycles. The van der Waals surface area contributed by atoms with Crippen LogP contribution in [-0.2, 0) is 4.79 Å². The van der Waals surface area contributed by atoms with Gasteiger partial charge in [-0.1, -0.05) is 6.07 Å². The van der Waals surface area contributed by atoms with Crippen LogP contribution in [0, 0.1) is 0 Å². The molecule has 162 valence electrons. The first-order valence-corrected chi connectivity index (χ1v) is 10.0. The number of fused-ring (bicyclic) bond motifs is 1. The van der Waals surface area contributed by atoms with Crippen LogP contribution in [0.3, 0.4) is 0 Å². The smallest absolute Gasteiger partial charge is 0.384 e. The molecular formula is C21H25N7O3. The zero-order chi connectivity index (χ0) is 22.0. The summed E-state index contributed by atoms with van der Waals surface area (Å²) in [7, 11) is 3.78. The maximum atomic E-state index is 12.3. The van der Waals surface area contributed by atoms with Crippen molar-refractivity contribution >= 4 is 34.1 Å². The fraction of sp³-hybridized carbons (Fsp3) is 0.333. The van der Waals surface area contributed by atoms with E-state index in [2.05, 4.69) is 20.2 Å². The first-order valence-electron chi connectivity index (χ1n) is 10.0. The van der Waals surface area contributed by atoms with Gasteiger partial charge in [0.05, 0.1) is 11.9 Å². The Bertz CT molecular complexity index is 1150. The number of anilines is 3. The van der Waals surface area contributed by atoms with Crippen molar-refractivity contribution in [2.24, 2.45) is 0 Å². The largest absolute Gasteiger partial charge is 0.422 e. The van der Waals surface area contributed by atoms with Crippen molar-refractivity contribution in [2.75, 3.05) is 57.0 Å². The van der Waals surface area contributed by atoms with Crippen molar-refractivity contribution in [1.82, 2.24) is 24.5 Å². The molecule has 3 aromatic rings. The number of benzene rings is 1. The molecule has 0 atom stereocenters. The predicted molar refractivity (Wildman–Crippen MR) is 118 cm³/mol. The summed E-state index contributed by atoms with van der Waals surface area (Å²) in [5.41, 5.74) is 1.11. The van der Waals surface area contributed by atoms with E-state index < -0.39 is 5.69 Å². The molecule has 1 aliphatic rings. The molecule has 31 heavy (non-hydrogen) atoms. The van der Waals surface area contributed by atoms with Gasteiger partial charge in [-0.25, -0.2) is 9.78 Å². The highest BCUT2D eigenvalue weighted by Gasteiger charge is 2.21. The van der Waals surface area contributed by atoms with E-state index in [0.29, 0.717) is 35.6 Å². The second kappa shape index (κ2) is 8.60. The zero-order valence-corrected chi connectivity index (χ0v) is 17.5. The molecule has 1 amide bonds. The average molecular weight is 423 g/mol. The fourth-order valence-electron chi connectivity index (χ4n) is 3.64. The Kier molecular flexibility index (Phi) is 5.72. The summed E-state index contributed by atoms with van der Waals surface area (Å²) in [4.78, 5) is 38.3. The molecule has 1 aromatic carbocycles. The van der Waals surface area contributed by atoms with Crippen LogP contribution in [0.5, 0.6) is 0 Å². The van der Waals surface area contributed by atoms with Crippen LogP contribution >= 0.6 is 0 Å². The van der Waals surface area contributed by atoms with Gasteiger partial charge in [0.15, 0.2) is 5.65 Å². The van der Waals surface area contributed by atoms with Crippen molar-refractivity contribution in [3.63, 3.8) is 0 Å². The summed E-state index contributed by atoms with van der Waals surface area (Å²) in [6, 6.07) is 11.3. The highest BCUT2D eigenvalue weighted by Crippen LogP contribution is 2.25. The average Bonchev–Trinajstić information content (AvgIpc) is 2.77. The van der Waals surface area contributed by atoms with Crippen molar-refractivity contribution in [3.8, 4) is 0 Å². The lowest BCUT2D eigenvalue weighted by molar-refractivity contribution is -0.132. The lowest BCUT2D eigenvalue weighted by Crippen LogP contribution is -2.50. The van der Waals surface area contributed by atoms with Crippen molar-refractivity contribution < 1.29 is 10.0 Å². The SMILES string of the molecule is CN(C)CC(=O)N1CCN(c2cccc(Nc3nc(=O)n(O)c4ncccc34)c2)CC1. The monoisotopic (exact) mass is 423 g/mol. The molecule has 0 saturated carbocycles. The maximum Gasteiger partial charge on any atom is 0.384 e. The molecule has 2 N–H and O–H groups in total. The molecule has 0 spiro atoms. The molecule has 1 aliphatic heterocycles. The third-order valence-corrected chi connectivity index (χ3v) is 5.19. The van der Waals surface area contributed by atoms with Gasteiger partial charge in [-0.2, -0.15) is 4.98 Å². The van der Waals surface area contributed by atoms with Gasteiger partial charge in [-0.15, -0.1) is 4.73 Å². The van der Waals surface area contributed by atoms with E-state index in [-0.39, 0.29) is 11.6 Å². The van der Waals surface area contributed by atoms with Crippen LogP contribution in [-0.4, -0.2) is 82.4 Å². The number of nitrogens with zero attached hydrogens (tertiary/aromatic N) is 6. The summed E-state index contributed by atoms with van der Waals surface area (Å²) in [5.74, 6) is 0.472. The van der Waals surface area contributed by atoms with Gasteiger partial charge in [0.25, 0.3) is 0 Å². The predicted octanol–water partition coefficient (Wildman–Crippen LogP) is 0.983. The van der Waals surface area contributed by atoms with Crippen LogP contribution in [0.2, 0.25) is 0 Å². The van der Waals surface area contributed by atoms with Gasteiger partial charge >= 0.3 is 5.69 Å². The highest BCUT2D eigenvalue weighted by atomic mass is 16.5. The Hall–Kier alpha value is -3.66. The van der Waals surface area contributed by atoms with E-state index in [1.54, 1.807) is 12.1 Å². The maximum absolute atomic E-state index is 12.3. The number of amides is 1. The summed E-state index contributed by atoms with van der Waals surface area (Å²) in [6.07, 6.45) is 1.50. The molecule has 0 unspecified atom stereocenters. The van der Waals surface area contributed by atoms with E-state index in [1.165, 1.54) is 6.20 Å². The first-order chi connectivity index (χ1) is 14.9. The number of nitrogens with one attached hydrogen (secondary N) is 1. The number of piperazine rings is 1. The highest BCUT2D eigenvalue weighted by molar-refractivity contribution is 5.88. The fourth-order valence-corrected chi connectivity index (χ4v) is 3.64. The summed E-state index contributed by atoms with van der Waals surface area (Å²) < 4.78 is 0.439. The number of pyridine rings is 1. The van der Waals surface area contributed by atoms with Crippen molar-refractivity contribution in [2.45, 2.75) is 0 Å². The summed E-state index contributed by atoms with van der Waals surface area (Å²) in [5, 5.41) is 13.6. The standard InChI is InChI=1S/C21H25N7O3/c1-25(2)14-18(29)27-11-9-26(10-12-27)16-6-3-5-15(13-16)23-19-17-7-4-8-22-20(17)28(31)21(30)24-19/h3-8,13,31H,9-12,14H2,1-2H3,(H,23,24,30). The normalized spacial score (nSPS) is 14.3. The Morgan fingerprint density at radius 2 is 1.94 bits per heavy atom. The number of carbonyl (C=O) groups excluding carboxylic acids is 1. The van der Waals surface area contributed by atoms with E-state index in [4.69, 9.17) is 0 Å². The number of aromatic nitrogens is 3. The Morgan fingerprint density at radius 1 is 1.16 bits per heavy atom. The molecule has 2 aromatic heterocycles. The summed E-state index contributed by atoms with van der Waals surface area (Å²) in [6.45, 7) is 3.26. The molecule has 10 nitrogen and oxygen atoms in total. The van der Waals surface area contributed by atoms with Crippen LogP contribution in [0.15, 0.2) is 47.4 Å². The summed E-state index contributed by atoms with van der Waals surface area (Å²) >= 11 is 0. The van der Waals surface area contributed by atoms with E-state index in [9.17, 15) is 14.8 Å². The van der Waals surface area contributed by atoms with Gasteiger partial charge in [-0.05, 0) is 44.4 Å². The first kappa shape index (κ1) is 20.6. The van der Waals surface area contributed by atoms with Gasteiger partial charge in [0, 0.05) is 43.8 Å². The molecule has 0 radical (unpaired) electrons. The number of rotatable bonds is 5. The van der Waals surface area contributed by atoms with E-state index in [1.807, 2.05) is 48.2 Å². The van der Waals surface area contributed by atoms with Crippen LogP contribution in [0.1, 0.15) is 0 Å². The number of likely N-dealkylation sites (N-methyl/N-ethyl adjacent to an activating group) is 1. The number of hydrogen-bond donors (Lipinski definition) is 2. The second-order valence-corrected chi connectivity index (χ2v) is 7.71. The number of hydrogen-bond acceptors (Lipinski definition) is 8. The molecule has 10 heteroatoms. The minimum Gasteiger partial charge on any atom is -0.422 e. The number of carbonyl (C=O) groups is 1. The molecule has 1 fully saturated rings. The van der Waals surface area contributed by atoms with Crippen LogP contribution in [0.4, 0.5) is 17.2 Å². The molecule has 0 bridgehead atoms. The third kappa shape index (κ3) is 4.43. The van der Waals surface area contributed by atoms with Crippen molar-refractivity contribution in [3.05, 3.63) is 53.1 Å². The van der Waals surface area contributed by atoms with Gasteiger partial charge in [0.2, 0.25) is 5.91 Å². The van der Waals surface area contributed by atoms with Gasteiger partial charge < -0.3 is 25.2 Å². The van der Waals surface area contributed by atoms with Gasteiger partial charge in [-0.3, -0.25) is 4.79 Å². The minimum absolute atomic E-state index is 0.139. The molecular weight excluding hydrogens is 398 g/mol. The Morgan fingerprint density at radius 3 is 2.68 bits per heavy atom. The van der Waals surface area contributed by atoms with Crippen molar-refractivity contribution in [1.29, 1.82) is 0 Å². The molecule has 1 saturated heterocycles.